The number of pyridine rings is 1. The van der Waals surface area contributed by atoms with Crippen LogP contribution in [0.3, 0.4) is 0 Å². The monoisotopic (exact) mass is 497 g/mol. The van der Waals surface area contributed by atoms with Gasteiger partial charge in [0.25, 0.3) is 0 Å². The Morgan fingerprint density at radius 3 is 2.34 bits per heavy atom. The first-order chi connectivity index (χ1) is 16.3. The molecule has 1 aliphatic heterocycles. The van der Waals surface area contributed by atoms with Gasteiger partial charge < -0.3 is 15.0 Å². The summed E-state index contributed by atoms with van der Waals surface area (Å²) in [5.41, 5.74) is -0.339. The minimum Gasteiger partial charge on any atom is -0.444 e. The number of alkyl carbamates (subject to hydrolysis) is 1. The lowest BCUT2D eigenvalue weighted by Crippen LogP contribution is -2.41. The summed E-state index contributed by atoms with van der Waals surface area (Å²) in [4.78, 5) is 30.3. The predicted molar refractivity (Wildman–Crippen MR) is 129 cm³/mol. The highest BCUT2D eigenvalue weighted by atomic mass is 19.4. The second kappa shape index (κ2) is 13.4. The highest BCUT2D eigenvalue weighted by Gasteiger charge is 2.36. The van der Waals surface area contributed by atoms with Gasteiger partial charge in [-0.15, -0.1) is 12.8 Å². The van der Waals surface area contributed by atoms with Gasteiger partial charge in [-0.25, -0.2) is 4.79 Å². The smallest absolute Gasteiger partial charge is 0.417 e. The molecule has 1 N–H and O–H groups in total. The second-order valence-corrected chi connectivity index (χ2v) is 9.69. The summed E-state index contributed by atoms with van der Waals surface area (Å²) in [5.74, 6) is -0.336. The molecule has 1 aromatic rings. The van der Waals surface area contributed by atoms with Gasteiger partial charge in [-0.2, -0.15) is 13.2 Å². The molecule has 2 unspecified atom stereocenters. The molecule has 1 saturated carbocycles. The largest absolute Gasteiger partial charge is 0.444 e. The van der Waals surface area contributed by atoms with Crippen molar-refractivity contribution in [1.29, 1.82) is 0 Å². The van der Waals surface area contributed by atoms with Crippen molar-refractivity contribution in [3.05, 3.63) is 29.1 Å². The summed E-state index contributed by atoms with van der Waals surface area (Å²) in [7, 11) is 0. The Kier molecular flexibility index (Phi) is 11.6. The SMILES string of the molecule is C#C.CC(C)(C)OC(=O)NC1CCC(C(=O)N2CCc3ncc(C(F)(F)F)cc3C2)C1.CCCC. The molecule has 0 spiro atoms. The van der Waals surface area contributed by atoms with Gasteiger partial charge in [0.15, 0.2) is 0 Å². The molecule has 9 heteroatoms. The van der Waals surface area contributed by atoms with Crippen LogP contribution >= 0.6 is 0 Å². The fourth-order valence-corrected chi connectivity index (χ4v) is 3.84. The number of alkyl halides is 3. The van der Waals surface area contributed by atoms with E-state index in [9.17, 15) is 22.8 Å². The highest BCUT2D eigenvalue weighted by Crippen LogP contribution is 2.33. The number of rotatable bonds is 3. The number of nitrogens with zero attached hydrogens (tertiary/aromatic N) is 2. The number of carbonyl (C=O) groups is 2. The third-order valence-corrected chi connectivity index (χ3v) is 5.68. The van der Waals surface area contributed by atoms with Crippen molar-refractivity contribution >= 4 is 12.0 Å². The van der Waals surface area contributed by atoms with Gasteiger partial charge in [0.2, 0.25) is 5.91 Å². The first kappa shape index (κ1) is 30.3. The maximum Gasteiger partial charge on any atom is 0.417 e. The quantitative estimate of drug-likeness (QED) is 0.541. The van der Waals surface area contributed by atoms with E-state index in [1.54, 1.807) is 25.7 Å². The van der Waals surface area contributed by atoms with Crippen LogP contribution in [0.2, 0.25) is 0 Å². The van der Waals surface area contributed by atoms with Crippen LogP contribution in [0.25, 0.3) is 0 Å². The number of hydrogen-bond donors (Lipinski definition) is 1. The molecule has 2 heterocycles. The standard InChI is InChI=1S/C20H26F3N3O3.C4H10.C2H2/c1-19(2,3)29-18(28)25-15-5-4-12(9-15)17(27)26-7-6-16-13(11-26)8-14(10-24-16)20(21,22)23;1-3-4-2;1-2/h8,10,12,15H,4-7,9,11H2,1-3H3,(H,25,28);3-4H2,1-2H3;1-2H. The summed E-state index contributed by atoms with van der Waals surface area (Å²) in [5, 5.41) is 2.80. The average molecular weight is 498 g/mol. The average Bonchev–Trinajstić information content (AvgIpc) is 3.25. The van der Waals surface area contributed by atoms with Crippen LogP contribution in [-0.4, -0.2) is 40.1 Å². The number of halogens is 3. The van der Waals surface area contributed by atoms with Gasteiger partial charge in [0.05, 0.1) is 5.56 Å². The minimum atomic E-state index is -4.46. The Morgan fingerprint density at radius 1 is 1.17 bits per heavy atom. The van der Waals surface area contributed by atoms with Crippen LogP contribution < -0.4 is 5.32 Å². The molecule has 1 aliphatic carbocycles. The molecule has 1 aromatic heterocycles. The topological polar surface area (TPSA) is 71.5 Å². The van der Waals surface area contributed by atoms with E-state index in [-0.39, 0.29) is 24.4 Å². The van der Waals surface area contributed by atoms with Gasteiger partial charge in [-0.05, 0) is 51.7 Å². The molecule has 0 aromatic carbocycles. The molecular formula is C26H38F3N3O3. The van der Waals surface area contributed by atoms with Crippen molar-refractivity contribution in [1.82, 2.24) is 15.2 Å². The molecule has 3 rings (SSSR count). The zero-order valence-electron chi connectivity index (χ0n) is 21.4. The van der Waals surface area contributed by atoms with Crippen molar-refractivity contribution < 1.29 is 27.5 Å². The minimum absolute atomic E-state index is 0.0819. The van der Waals surface area contributed by atoms with E-state index in [1.807, 2.05) is 0 Å². The predicted octanol–water partition coefficient (Wildman–Crippen LogP) is 5.73. The van der Waals surface area contributed by atoms with Crippen molar-refractivity contribution in [2.45, 2.75) is 97.5 Å². The number of fused-ring (bicyclic) bond motifs is 1. The van der Waals surface area contributed by atoms with Crippen LogP contribution in [0, 0.1) is 18.8 Å². The lowest BCUT2D eigenvalue weighted by Gasteiger charge is -2.31. The van der Waals surface area contributed by atoms with E-state index in [2.05, 4.69) is 37.0 Å². The number of aromatic nitrogens is 1. The summed E-state index contributed by atoms with van der Waals surface area (Å²) >= 11 is 0. The van der Waals surface area contributed by atoms with E-state index in [0.717, 1.165) is 12.3 Å². The summed E-state index contributed by atoms with van der Waals surface area (Å²) < 4.78 is 44.1. The van der Waals surface area contributed by atoms with E-state index in [0.29, 0.717) is 43.5 Å². The number of nitrogens with one attached hydrogen (secondary N) is 1. The first-order valence-electron chi connectivity index (χ1n) is 12.0. The molecule has 0 bridgehead atoms. The van der Waals surface area contributed by atoms with E-state index < -0.39 is 23.4 Å². The van der Waals surface area contributed by atoms with Crippen LogP contribution in [0.1, 0.15) is 83.5 Å². The van der Waals surface area contributed by atoms with Crippen LogP contribution in [0.5, 0.6) is 0 Å². The maximum atomic E-state index is 12.9. The van der Waals surface area contributed by atoms with Crippen LogP contribution in [0.15, 0.2) is 12.3 Å². The summed E-state index contributed by atoms with van der Waals surface area (Å²) in [6, 6.07) is 0.942. The Morgan fingerprint density at radius 2 is 1.80 bits per heavy atom. The molecule has 2 aliphatic rings. The fraction of sp³-hybridized carbons (Fsp3) is 0.654. The van der Waals surface area contributed by atoms with Crippen molar-refractivity contribution in [3.8, 4) is 12.8 Å². The number of terminal acetylenes is 1. The van der Waals surface area contributed by atoms with Crippen molar-refractivity contribution in [2.75, 3.05) is 6.54 Å². The van der Waals surface area contributed by atoms with Crippen LogP contribution in [-0.2, 0) is 28.7 Å². The maximum absolute atomic E-state index is 12.9. The molecule has 1 fully saturated rings. The van der Waals surface area contributed by atoms with Gasteiger partial charge in [-0.3, -0.25) is 9.78 Å². The molecule has 0 saturated heterocycles. The number of hydrogen-bond acceptors (Lipinski definition) is 4. The normalized spacial score (nSPS) is 19.3. The van der Waals surface area contributed by atoms with E-state index >= 15 is 0 Å². The zero-order valence-corrected chi connectivity index (χ0v) is 21.4. The van der Waals surface area contributed by atoms with Gasteiger partial charge >= 0.3 is 12.3 Å². The van der Waals surface area contributed by atoms with Gasteiger partial charge in [0, 0.05) is 43.4 Å². The zero-order chi connectivity index (χ0) is 26.8. The molecule has 2 atom stereocenters. The molecule has 0 radical (unpaired) electrons. The number of amides is 2. The second-order valence-electron chi connectivity index (χ2n) is 9.69. The third kappa shape index (κ3) is 9.79. The highest BCUT2D eigenvalue weighted by molar-refractivity contribution is 5.79. The summed E-state index contributed by atoms with van der Waals surface area (Å²) in [6.45, 7) is 10.3. The van der Waals surface area contributed by atoms with Crippen molar-refractivity contribution in [3.63, 3.8) is 0 Å². The first-order valence-corrected chi connectivity index (χ1v) is 12.0. The number of carbonyl (C=O) groups excluding carboxylic acids is 2. The molecule has 35 heavy (non-hydrogen) atoms. The Bertz CT molecular complexity index is 861. The van der Waals surface area contributed by atoms with E-state index in [4.69, 9.17) is 4.74 Å². The molecular weight excluding hydrogens is 459 g/mol. The molecule has 6 nitrogen and oxygen atoms in total. The lowest BCUT2D eigenvalue weighted by atomic mass is 10.00. The molecule has 2 amide bonds. The Labute approximate surface area is 207 Å². The lowest BCUT2D eigenvalue weighted by molar-refractivity contribution is -0.138. The fourth-order valence-electron chi connectivity index (χ4n) is 3.84. The Balaban J connectivity index is 0.000000926. The Hall–Kier alpha value is -2.76. The number of unbranched alkanes of at least 4 members (excludes halogenated alkanes) is 1. The van der Waals surface area contributed by atoms with E-state index in [1.165, 1.54) is 12.8 Å². The van der Waals surface area contributed by atoms with Gasteiger partial charge in [-0.1, -0.05) is 26.7 Å². The number of ether oxygens (including phenoxy) is 1. The van der Waals surface area contributed by atoms with Crippen LogP contribution in [0.4, 0.5) is 18.0 Å². The summed E-state index contributed by atoms with van der Waals surface area (Å²) in [6.07, 6.45) is 8.76. The van der Waals surface area contributed by atoms with Gasteiger partial charge in [0.1, 0.15) is 5.60 Å². The van der Waals surface area contributed by atoms with Crippen molar-refractivity contribution in [2.24, 2.45) is 5.92 Å². The third-order valence-electron chi connectivity index (χ3n) is 5.68. The molecule has 196 valence electrons.